The van der Waals surface area contributed by atoms with Gasteiger partial charge in [0.05, 0.1) is 18.4 Å². The lowest BCUT2D eigenvalue weighted by atomic mass is 9.80. The molecule has 1 saturated heterocycles. The van der Waals surface area contributed by atoms with E-state index >= 15 is 0 Å². The molecule has 3 heterocycles. The number of hydrogen-bond acceptors (Lipinski definition) is 6. The third-order valence-corrected chi connectivity index (χ3v) is 6.44. The van der Waals surface area contributed by atoms with Crippen LogP contribution in [0.1, 0.15) is 62.4 Å². The van der Waals surface area contributed by atoms with E-state index in [0.717, 1.165) is 37.3 Å². The number of carbonyl (C=O) groups is 1. The van der Waals surface area contributed by atoms with E-state index in [1.165, 1.54) is 11.8 Å². The minimum Gasteiger partial charge on any atom is -0.381 e. The van der Waals surface area contributed by atoms with Gasteiger partial charge in [-0.1, -0.05) is 19.1 Å². The van der Waals surface area contributed by atoms with Crippen LogP contribution in [-0.2, 0) is 9.53 Å². The summed E-state index contributed by atoms with van der Waals surface area (Å²) in [4.78, 5) is 22.9. The summed E-state index contributed by atoms with van der Waals surface area (Å²) in [6.45, 7) is 7.44. The van der Waals surface area contributed by atoms with Crippen molar-refractivity contribution in [2.24, 2.45) is 5.92 Å². The van der Waals surface area contributed by atoms with E-state index in [0.29, 0.717) is 11.7 Å². The highest BCUT2D eigenvalue weighted by Gasteiger charge is 2.38. The van der Waals surface area contributed by atoms with Crippen LogP contribution in [0.5, 0.6) is 0 Å². The highest BCUT2D eigenvalue weighted by Crippen LogP contribution is 2.44. The van der Waals surface area contributed by atoms with E-state index < -0.39 is 0 Å². The monoisotopic (exact) mass is 405 g/mol. The Kier molecular flexibility index (Phi) is 5.69. The van der Waals surface area contributed by atoms with Gasteiger partial charge in [0.2, 0.25) is 5.91 Å². The van der Waals surface area contributed by atoms with E-state index in [1.807, 2.05) is 11.0 Å². The first-order chi connectivity index (χ1) is 14.5. The Balaban J connectivity index is 1.74. The van der Waals surface area contributed by atoms with E-state index in [-0.39, 0.29) is 29.6 Å². The normalized spacial score (nSPS) is 24.1. The second-order valence-electron chi connectivity index (χ2n) is 8.21. The fourth-order valence-corrected chi connectivity index (χ4v) is 4.63. The fraction of sp³-hybridized carbons (Fsp3) is 0.478. The molecule has 1 N–H and O–H groups in total. The zero-order chi connectivity index (χ0) is 21.3. The number of amides is 1. The molecule has 3 atom stereocenters. The van der Waals surface area contributed by atoms with Crippen LogP contribution in [0.15, 0.2) is 30.6 Å². The Morgan fingerprint density at radius 2 is 2.00 bits per heavy atom. The van der Waals surface area contributed by atoms with Crippen LogP contribution in [-0.4, -0.2) is 35.1 Å². The second-order valence-corrected chi connectivity index (χ2v) is 8.21. The zero-order valence-electron chi connectivity index (χ0n) is 17.6. The number of nitriles is 1. The topological polar surface area (TPSA) is 91.1 Å². The highest BCUT2D eigenvalue weighted by molar-refractivity contribution is 5.94. The molecule has 2 aliphatic rings. The Bertz CT molecular complexity index is 963. The molecule has 7 heteroatoms. The summed E-state index contributed by atoms with van der Waals surface area (Å²) >= 11 is 0. The first-order valence-electron chi connectivity index (χ1n) is 10.5. The van der Waals surface area contributed by atoms with Gasteiger partial charge in [0.25, 0.3) is 0 Å². The van der Waals surface area contributed by atoms with Crippen LogP contribution in [0.4, 0.5) is 11.5 Å². The summed E-state index contributed by atoms with van der Waals surface area (Å²) < 4.78 is 5.53. The van der Waals surface area contributed by atoms with E-state index in [1.54, 1.807) is 13.1 Å². The third kappa shape index (κ3) is 3.75. The Hall–Kier alpha value is -2.98. The van der Waals surface area contributed by atoms with Crippen molar-refractivity contribution in [3.8, 4) is 6.07 Å². The van der Waals surface area contributed by atoms with E-state index in [4.69, 9.17) is 10.00 Å². The predicted octanol–water partition coefficient (Wildman–Crippen LogP) is 3.79. The molecule has 0 aliphatic carbocycles. The first-order valence-corrected chi connectivity index (χ1v) is 10.5. The lowest BCUT2D eigenvalue weighted by Gasteiger charge is -2.44. The molecule has 7 nitrogen and oxygen atoms in total. The molecular weight excluding hydrogens is 378 g/mol. The number of benzene rings is 1. The van der Waals surface area contributed by atoms with Crippen molar-refractivity contribution in [3.63, 3.8) is 0 Å². The van der Waals surface area contributed by atoms with Crippen LogP contribution < -0.4 is 10.2 Å². The number of ether oxygens (including phenoxy) is 1. The van der Waals surface area contributed by atoms with Crippen LogP contribution in [0.25, 0.3) is 0 Å². The molecule has 2 aromatic rings. The molecule has 1 amide bonds. The molecular formula is C23H27N5O2. The number of nitrogens with zero attached hydrogens (tertiary/aromatic N) is 4. The van der Waals surface area contributed by atoms with Crippen molar-refractivity contribution in [2.75, 3.05) is 23.4 Å². The van der Waals surface area contributed by atoms with Crippen molar-refractivity contribution in [1.29, 1.82) is 5.26 Å². The number of carbonyl (C=O) groups excluding carboxylic acids is 1. The molecule has 2 aliphatic heterocycles. The Morgan fingerprint density at radius 3 is 2.63 bits per heavy atom. The SMILES string of the molecule is CC(=O)N1c2ccc(C3CCOCC3)cc2C(Nc2cnc(C#N)cn2)[C@@H](C)[C@@H]1C. The lowest BCUT2D eigenvalue weighted by molar-refractivity contribution is -0.117. The number of anilines is 2. The van der Waals surface area contributed by atoms with Gasteiger partial charge in [-0.2, -0.15) is 5.26 Å². The van der Waals surface area contributed by atoms with Crippen LogP contribution in [0.3, 0.4) is 0 Å². The Morgan fingerprint density at radius 1 is 1.23 bits per heavy atom. The maximum absolute atomic E-state index is 12.5. The largest absolute Gasteiger partial charge is 0.381 e. The minimum atomic E-state index is -0.0207. The zero-order valence-corrected chi connectivity index (χ0v) is 17.6. The van der Waals surface area contributed by atoms with Crippen molar-refractivity contribution < 1.29 is 9.53 Å². The van der Waals surface area contributed by atoms with Gasteiger partial charge in [-0.25, -0.2) is 9.97 Å². The van der Waals surface area contributed by atoms with Crippen LogP contribution >= 0.6 is 0 Å². The molecule has 0 radical (unpaired) electrons. The molecule has 156 valence electrons. The molecule has 4 rings (SSSR count). The van der Waals surface area contributed by atoms with Gasteiger partial charge in [-0.3, -0.25) is 4.79 Å². The first kappa shape index (κ1) is 20.3. The summed E-state index contributed by atoms with van der Waals surface area (Å²) in [6.07, 6.45) is 5.09. The summed E-state index contributed by atoms with van der Waals surface area (Å²) in [6, 6.07) is 8.50. The van der Waals surface area contributed by atoms with E-state index in [2.05, 4.69) is 47.3 Å². The van der Waals surface area contributed by atoms with Gasteiger partial charge in [0.15, 0.2) is 5.69 Å². The number of hydrogen-bond donors (Lipinski definition) is 1. The molecule has 1 unspecified atom stereocenters. The number of fused-ring (bicyclic) bond motifs is 1. The van der Waals surface area contributed by atoms with Gasteiger partial charge in [0, 0.05) is 37.8 Å². The average Bonchev–Trinajstić information content (AvgIpc) is 2.77. The van der Waals surface area contributed by atoms with Gasteiger partial charge in [0.1, 0.15) is 11.9 Å². The van der Waals surface area contributed by atoms with Crippen molar-refractivity contribution in [1.82, 2.24) is 9.97 Å². The second kappa shape index (κ2) is 8.41. The van der Waals surface area contributed by atoms with Crippen LogP contribution in [0, 0.1) is 17.2 Å². The Labute approximate surface area is 177 Å². The summed E-state index contributed by atoms with van der Waals surface area (Å²) in [5.74, 6) is 1.30. The fourth-order valence-electron chi connectivity index (χ4n) is 4.63. The summed E-state index contributed by atoms with van der Waals surface area (Å²) in [7, 11) is 0. The standard InChI is InChI=1S/C23H27N5O2/c1-14-15(2)28(16(3)29)21-5-4-18(17-6-8-30-9-7-17)10-20(21)23(14)27-22-13-25-19(11-24)12-26-22/h4-5,10,12-15,17,23H,6-9H2,1-3H3,(H,26,27)/t14-,15-,23?/m0/s1. The van der Waals surface area contributed by atoms with Crippen LogP contribution in [0.2, 0.25) is 0 Å². The molecule has 1 aromatic carbocycles. The smallest absolute Gasteiger partial charge is 0.224 e. The van der Waals surface area contributed by atoms with Gasteiger partial charge >= 0.3 is 0 Å². The average molecular weight is 406 g/mol. The van der Waals surface area contributed by atoms with Gasteiger partial charge in [-0.05, 0) is 42.9 Å². The maximum Gasteiger partial charge on any atom is 0.224 e. The number of nitrogens with one attached hydrogen (secondary N) is 1. The molecule has 1 aromatic heterocycles. The maximum atomic E-state index is 12.5. The molecule has 30 heavy (non-hydrogen) atoms. The quantitative estimate of drug-likeness (QED) is 0.835. The molecule has 0 bridgehead atoms. The van der Waals surface area contributed by atoms with E-state index in [9.17, 15) is 4.79 Å². The van der Waals surface area contributed by atoms with Gasteiger partial charge < -0.3 is 15.0 Å². The van der Waals surface area contributed by atoms with Crippen molar-refractivity contribution in [3.05, 3.63) is 47.4 Å². The van der Waals surface area contributed by atoms with Crippen molar-refractivity contribution >= 4 is 17.4 Å². The van der Waals surface area contributed by atoms with Crippen molar-refractivity contribution in [2.45, 2.75) is 51.6 Å². The predicted molar refractivity (Wildman–Crippen MR) is 114 cm³/mol. The number of aromatic nitrogens is 2. The molecule has 1 fully saturated rings. The van der Waals surface area contributed by atoms with Gasteiger partial charge in [-0.15, -0.1) is 0 Å². The number of rotatable bonds is 3. The minimum absolute atomic E-state index is 0.0207. The third-order valence-electron chi connectivity index (χ3n) is 6.44. The lowest BCUT2D eigenvalue weighted by Crippen LogP contribution is -2.48. The summed E-state index contributed by atoms with van der Waals surface area (Å²) in [5, 5.41) is 12.5. The summed E-state index contributed by atoms with van der Waals surface area (Å²) in [5.41, 5.74) is 3.63. The molecule has 0 saturated carbocycles. The highest BCUT2D eigenvalue weighted by atomic mass is 16.5. The molecule has 0 spiro atoms.